The molecule has 0 saturated heterocycles. The molecule has 1 aliphatic rings. The zero-order valence-electron chi connectivity index (χ0n) is 10.8. The fourth-order valence-corrected chi connectivity index (χ4v) is 1.84. The van der Waals surface area contributed by atoms with Gasteiger partial charge in [-0.2, -0.15) is 0 Å². The Morgan fingerprint density at radius 3 is 2.29 bits per heavy atom. The van der Waals surface area contributed by atoms with Gasteiger partial charge in [0.1, 0.15) is 0 Å². The van der Waals surface area contributed by atoms with Crippen LogP contribution in [0.1, 0.15) is 66.7 Å². The first-order valence-electron chi connectivity index (χ1n) is 6.36. The van der Waals surface area contributed by atoms with Crippen molar-refractivity contribution < 1.29 is 0 Å². The van der Waals surface area contributed by atoms with E-state index in [1.54, 1.807) is 5.57 Å². The Morgan fingerprint density at radius 1 is 1.36 bits per heavy atom. The van der Waals surface area contributed by atoms with Crippen LogP contribution in [0.4, 0.5) is 0 Å². The van der Waals surface area contributed by atoms with Crippen LogP contribution in [0.25, 0.3) is 0 Å². The molecular weight excluding hydrogens is 168 g/mol. The van der Waals surface area contributed by atoms with Crippen LogP contribution in [0.2, 0.25) is 0 Å². The van der Waals surface area contributed by atoms with Gasteiger partial charge in [-0.3, -0.25) is 0 Å². The van der Waals surface area contributed by atoms with E-state index in [1.807, 2.05) is 13.8 Å². The topological polar surface area (TPSA) is 0 Å². The zero-order valence-corrected chi connectivity index (χ0v) is 10.8. The van der Waals surface area contributed by atoms with Crippen LogP contribution < -0.4 is 0 Å². The van der Waals surface area contributed by atoms with Gasteiger partial charge in [0.2, 0.25) is 0 Å². The quantitative estimate of drug-likeness (QED) is 0.542. The zero-order chi connectivity index (χ0) is 11.0. The second-order valence-corrected chi connectivity index (χ2v) is 4.34. The molecule has 14 heavy (non-hydrogen) atoms. The van der Waals surface area contributed by atoms with Crippen LogP contribution in [-0.4, -0.2) is 0 Å². The summed E-state index contributed by atoms with van der Waals surface area (Å²) in [5.74, 6) is 2.03. The first kappa shape index (κ1) is 13.7. The van der Waals surface area contributed by atoms with Gasteiger partial charge < -0.3 is 0 Å². The second-order valence-electron chi connectivity index (χ2n) is 4.34. The van der Waals surface area contributed by atoms with E-state index in [0.717, 1.165) is 11.8 Å². The minimum Gasteiger partial charge on any atom is -0.0887 e. The van der Waals surface area contributed by atoms with E-state index < -0.39 is 0 Å². The number of allylic oxidation sites excluding steroid dienone is 2. The van der Waals surface area contributed by atoms with Gasteiger partial charge in [0.15, 0.2) is 0 Å². The molecule has 0 aromatic rings. The molecular formula is C14H28. The summed E-state index contributed by atoms with van der Waals surface area (Å²) < 4.78 is 0. The Morgan fingerprint density at radius 2 is 1.93 bits per heavy atom. The fourth-order valence-electron chi connectivity index (χ4n) is 1.84. The predicted octanol–water partition coefficient (Wildman–Crippen LogP) is 5.20. The molecule has 1 atom stereocenters. The predicted molar refractivity (Wildman–Crippen MR) is 66.5 cm³/mol. The first-order valence-corrected chi connectivity index (χ1v) is 6.36. The largest absolute Gasteiger partial charge is 0.0887 e. The van der Waals surface area contributed by atoms with Crippen molar-refractivity contribution >= 4 is 0 Å². The third-order valence-corrected chi connectivity index (χ3v) is 3.44. The summed E-state index contributed by atoms with van der Waals surface area (Å²) in [6, 6.07) is 0. The van der Waals surface area contributed by atoms with Crippen LogP contribution in [0.15, 0.2) is 11.6 Å². The van der Waals surface area contributed by atoms with Gasteiger partial charge in [-0.1, -0.05) is 51.7 Å². The van der Waals surface area contributed by atoms with E-state index in [-0.39, 0.29) is 0 Å². The standard InChI is InChI=1S/C12H22.C2H6/c1-4-10(2)8-9-11(3)12-6-5-7-12;1-2/h4,11-12H,5-9H2,1-3H3;1-2H3/b10-4-;. The lowest BCUT2D eigenvalue weighted by atomic mass is 9.75. The molecule has 1 saturated carbocycles. The minimum absolute atomic E-state index is 0.966. The normalized spacial score (nSPS) is 19.4. The summed E-state index contributed by atoms with van der Waals surface area (Å²) in [7, 11) is 0. The Labute approximate surface area is 90.8 Å². The highest BCUT2D eigenvalue weighted by molar-refractivity contribution is 4.95. The third-order valence-electron chi connectivity index (χ3n) is 3.44. The maximum Gasteiger partial charge on any atom is -0.0321 e. The van der Waals surface area contributed by atoms with Gasteiger partial charge in [-0.05, 0) is 38.5 Å². The van der Waals surface area contributed by atoms with Crippen molar-refractivity contribution in [1.29, 1.82) is 0 Å². The van der Waals surface area contributed by atoms with Crippen LogP contribution in [-0.2, 0) is 0 Å². The summed E-state index contributed by atoms with van der Waals surface area (Å²) in [5.41, 5.74) is 1.56. The fraction of sp³-hybridized carbons (Fsp3) is 0.857. The summed E-state index contributed by atoms with van der Waals surface area (Å²) in [6.45, 7) is 10.8. The van der Waals surface area contributed by atoms with Crippen molar-refractivity contribution in [3.05, 3.63) is 11.6 Å². The van der Waals surface area contributed by atoms with E-state index >= 15 is 0 Å². The SMILES string of the molecule is C/C=C(/C)CCC(C)C1CCC1.CC. The number of rotatable bonds is 4. The van der Waals surface area contributed by atoms with Crippen molar-refractivity contribution in [3.63, 3.8) is 0 Å². The van der Waals surface area contributed by atoms with Crippen LogP contribution in [0.5, 0.6) is 0 Å². The van der Waals surface area contributed by atoms with Gasteiger partial charge in [-0.25, -0.2) is 0 Å². The monoisotopic (exact) mass is 196 g/mol. The van der Waals surface area contributed by atoms with Gasteiger partial charge >= 0.3 is 0 Å². The maximum atomic E-state index is 2.42. The Hall–Kier alpha value is -0.260. The maximum absolute atomic E-state index is 2.42. The van der Waals surface area contributed by atoms with Gasteiger partial charge in [0.25, 0.3) is 0 Å². The lowest BCUT2D eigenvalue weighted by Crippen LogP contribution is -2.19. The summed E-state index contributed by atoms with van der Waals surface area (Å²) in [4.78, 5) is 0. The van der Waals surface area contributed by atoms with Crippen molar-refractivity contribution in [2.24, 2.45) is 11.8 Å². The smallest absolute Gasteiger partial charge is 0.0321 e. The molecule has 84 valence electrons. The highest BCUT2D eigenvalue weighted by atomic mass is 14.3. The minimum atomic E-state index is 0.966. The van der Waals surface area contributed by atoms with Crippen molar-refractivity contribution in [1.82, 2.24) is 0 Å². The second kappa shape index (κ2) is 8.08. The Balaban J connectivity index is 0.000000791. The number of hydrogen-bond acceptors (Lipinski definition) is 0. The molecule has 0 spiro atoms. The molecule has 0 nitrogen and oxygen atoms in total. The molecule has 1 fully saturated rings. The molecule has 0 aromatic carbocycles. The van der Waals surface area contributed by atoms with Gasteiger partial charge in [0, 0.05) is 0 Å². The molecule has 1 unspecified atom stereocenters. The third kappa shape index (κ3) is 4.83. The van der Waals surface area contributed by atoms with E-state index in [2.05, 4.69) is 26.8 Å². The molecule has 0 heterocycles. The molecule has 1 aliphatic carbocycles. The molecule has 0 radical (unpaired) electrons. The Bertz CT molecular complexity index is 151. The summed E-state index contributed by atoms with van der Waals surface area (Å²) >= 11 is 0. The van der Waals surface area contributed by atoms with Crippen molar-refractivity contribution in [2.75, 3.05) is 0 Å². The van der Waals surface area contributed by atoms with E-state index in [9.17, 15) is 0 Å². The van der Waals surface area contributed by atoms with Gasteiger partial charge in [-0.15, -0.1) is 0 Å². The molecule has 0 bridgehead atoms. The molecule has 0 heteroatoms. The van der Waals surface area contributed by atoms with Crippen molar-refractivity contribution in [2.45, 2.75) is 66.7 Å². The highest BCUT2D eigenvalue weighted by Crippen LogP contribution is 2.35. The van der Waals surface area contributed by atoms with Crippen LogP contribution in [0.3, 0.4) is 0 Å². The molecule has 0 amide bonds. The molecule has 0 aromatic heterocycles. The van der Waals surface area contributed by atoms with Crippen molar-refractivity contribution in [3.8, 4) is 0 Å². The summed E-state index contributed by atoms with van der Waals surface area (Å²) in [6.07, 6.45) is 9.44. The van der Waals surface area contributed by atoms with E-state index in [1.165, 1.54) is 32.1 Å². The molecule has 1 rings (SSSR count). The van der Waals surface area contributed by atoms with Crippen LogP contribution >= 0.6 is 0 Å². The molecule has 0 N–H and O–H groups in total. The van der Waals surface area contributed by atoms with E-state index in [0.29, 0.717) is 0 Å². The Kier molecular flexibility index (Phi) is 7.93. The van der Waals surface area contributed by atoms with E-state index in [4.69, 9.17) is 0 Å². The lowest BCUT2D eigenvalue weighted by Gasteiger charge is -2.31. The van der Waals surface area contributed by atoms with Gasteiger partial charge in [0.05, 0.1) is 0 Å². The lowest BCUT2D eigenvalue weighted by molar-refractivity contribution is 0.211. The first-order chi connectivity index (χ1) is 6.74. The highest BCUT2D eigenvalue weighted by Gasteiger charge is 2.23. The van der Waals surface area contributed by atoms with Crippen LogP contribution in [0, 0.1) is 11.8 Å². The average Bonchev–Trinajstić information content (AvgIpc) is 2.14. The number of hydrogen-bond donors (Lipinski definition) is 0. The average molecular weight is 196 g/mol. The summed E-state index contributed by atoms with van der Waals surface area (Å²) in [5, 5.41) is 0. The molecule has 0 aliphatic heterocycles.